The lowest BCUT2D eigenvalue weighted by Crippen LogP contribution is -2.40. The van der Waals surface area contributed by atoms with Gasteiger partial charge in [-0.3, -0.25) is 9.36 Å². The third kappa shape index (κ3) is 5.23. The Bertz CT molecular complexity index is 1100. The summed E-state index contributed by atoms with van der Waals surface area (Å²) in [7, 11) is 0. The highest BCUT2D eigenvalue weighted by molar-refractivity contribution is 6.68. The Morgan fingerprint density at radius 2 is 1.84 bits per heavy atom. The highest BCUT2D eigenvalue weighted by Crippen LogP contribution is 2.38. The molecule has 1 unspecified atom stereocenters. The van der Waals surface area contributed by atoms with Crippen molar-refractivity contribution < 1.29 is 18.0 Å². The first-order valence-electron chi connectivity index (χ1n) is 8.70. The van der Waals surface area contributed by atoms with Crippen LogP contribution >= 0.6 is 34.8 Å². The average molecular weight is 497 g/mol. The third-order valence-electron chi connectivity index (χ3n) is 4.12. The zero-order valence-corrected chi connectivity index (χ0v) is 18.0. The number of hydrogen-bond acceptors (Lipinski definition) is 6. The molecule has 1 atom stereocenters. The number of carbonyl (C=O) groups is 1. The summed E-state index contributed by atoms with van der Waals surface area (Å²) in [4.78, 5) is 24.2. The number of nitrogens with two attached hydrogens (primary N) is 1. The number of aromatic nitrogens is 4. The second-order valence-corrected chi connectivity index (χ2v) is 8.69. The average Bonchev–Trinajstić information content (AvgIpc) is 3.08. The predicted molar refractivity (Wildman–Crippen MR) is 112 cm³/mol. The SMILES string of the molecule is CCC(=O)NC(n1cnc2c(Nc3ccc(C(F)(F)F)cc3)nc(N)nc21)C(Cl)(Cl)Cl. The van der Waals surface area contributed by atoms with E-state index in [1.165, 1.54) is 23.0 Å². The Kier molecular flexibility index (Phi) is 6.40. The molecule has 31 heavy (non-hydrogen) atoms. The van der Waals surface area contributed by atoms with E-state index in [1.54, 1.807) is 6.92 Å². The lowest BCUT2D eigenvalue weighted by atomic mass is 10.2. The number of rotatable bonds is 5. The molecule has 0 spiro atoms. The van der Waals surface area contributed by atoms with Gasteiger partial charge < -0.3 is 16.4 Å². The first-order valence-corrected chi connectivity index (χ1v) is 9.84. The third-order valence-corrected chi connectivity index (χ3v) is 4.74. The van der Waals surface area contributed by atoms with E-state index in [4.69, 9.17) is 40.5 Å². The molecule has 0 radical (unpaired) electrons. The summed E-state index contributed by atoms with van der Waals surface area (Å²) in [5.41, 5.74) is 5.62. The van der Waals surface area contributed by atoms with Crippen molar-refractivity contribution in [1.29, 1.82) is 0 Å². The molecule has 1 aromatic carbocycles. The van der Waals surface area contributed by atoms with E-state index in [0.29, 0.717) is 5.69 Å². The van der Waals surface area contributed by atoms with E-state index in [2.05, 4.69) is 25.6 Å². The number of fused-ring (bicyclic) bond motifs is 1. The van der Waals surface area contributed by atoms with Gasteiger partial charge in [0.15, 0.2) is 23.1 Å². The van der Waals surface area contributed by atoms with Gasteiger partial charge in [-0.15, -0.1) is 0 Å². The molecule has 14 heteroatoms. The van der Waals surface area contributed by atoms with E-state index in [0.717, 1.165) is 12.1 Å². The first kappa shape index (κ1) is 23.2. The maximum absolute atomic E-state index is 12.8. The number of alkyl halides is 6. The van der Waals surface area contributed by atoms with Gasteiger partial charge in [-0.25, -0.2) is 4.98 Å². The van der Waals surface area contributed by atoms with Crippen molar-refractivity contribution in [3.63, 3.8) is 0 Å². The van der Waals surface area contributed by atoms with Gasteiger partial charge in [-0.05, 0) is 24.3 Å². The van der Waals surface area contributed by atoms with Crippen molar-refractivity contribution in [2.75, 3.05) is 11.1 Å². The maximum atomic E-state index is 12.8. The predicted octanol–water partition coefficient (Wildman–Crippen LogP) is 4.57. The zero-order chi connectivity index (χ0) is 23.0. The van der Waals surface area contributed by atoms with Crippen molar-refractivity contribution in [3.05, 3.63) is 36.2 Å². The number of nitrogen functional groups attached to an aromatic ring is 1. The van der Waals surface area contributed by atoms with E-state index in [1.807, 2.05) is 0 Å². The minimum atomic E-state index is -4.46. The van der Waals surface area contributed by atoms with Crippen LogP contribution in [0.1, 0.15) is 25.1 Å². The number of halogens is 6. The monoisotopic (exact) mass is 495 g/mol. The summed E-state index contributed by atoms with van der Waals surface area (Å²) in [6.45, 7) is 1.63. The molecular weight excluding hydrogens is 482 g/mol. The molecule has 2 aromatic heterocycles. The summed E-state index contributed by atoms with van der Waals surface area (Å²) in [6.07, 6.45) is -4.21. The van der Waals surface area contributed by atoms with Gasteiger partial charge in [0.05, 0.1) is 11.9 Å². The van der Waals surface area contributed by atoms with Crippen LogP contribution < -0.4 is 16.4 Å². The Morgan fingerprint density at radius 3 is 2.39 bits per heavy atom. The van der Waals surface area contributed by atoms with Gasteiger partial charge in [0, 0.05) is 12.1 Å². The number of carbonyl (C=O) groups excluding carboxylic acids is 1. The van der Waals surface area contributed by atoms with Crippen LogP contribution in [0.2, 0.25) is 0 Å². The van der Waals surface area contributed by atoms with Gasteiger partial charge in [0.1, 0.15) is 0 Å². The molecule has 0 bridgehead atoms. The molecule has 0 saturated carbocycles. The number of nitrogens with one attached hydrogen (secondary N) is 2. The summed E-state index contributed by atoms with van der Waals surface area (Å²) in [5, 5.41) is 5.42. The molecule has 166 valence electrons. The quantitative estimate of drug-likeness (QED) is 0.447. The molecule has 2 heterocycles. The number of nitrogens with zero attached hydrogens (tertiary/aromatic N) is 4. The van der Waals surface area contributed by atoms with Gasteiger partial charge >= 0.3 is 6.18 Å². The van der Waals surface area contributed by atoms with Crippen LogP contribution in [0.25, 0.3) is 11.2 Å². The summed E-state index contributed by atoms with van der Waals surface area (Å²) in [5.74, 6) is -0.442. The minimum absolute atomic E-state index is 0.117. The largest absolute Gasteiger partial charge is 0.416 e. The summed E-state index contributed by atoms with van der Waals surface area (Å²) < 4.78 is 37.6. The van der Waals surface area contributed by atoms with Gasteiger partial charge in [0.25, 0.3) is 0 Å². The van der Waals surface area contributed by atoms with Crippen molar-refractivity contribution in [2.45, 2.75) is 29.5 Å². The van der Waals surface area contributed by atoms with Crippen LogP contribution in [0.4, 0.5) is 30.6 Å². The molecule has 0 aliphatic rings. The Morgan fingerprint density at radius 1 is 1.19 bits per heavy atom. The number of hydrogen-bond donors (Lipinski definition) is 3. The van der Waals surface area contributed by atoms with Gasteiger partial charge in [-0.1, -0.05) is 41.7 Å². The molecule has 8 nitrogen and oxygen atoms in total. The highest BCUT2D eigenvalue weighted by atomic mass is 35.6. The normalized spacial score (nSPS) is 13.3. The molecule has 3 aromatic rings. The molecular formula is C17H15Cl3F3N7O. The van der Waals surface area contributed by atoms with Gasteiger partial charge in [0.2, 0.25) is 15.6 Å². The highest BCUT2D eigenvalue weighted by Gasteiger charge is 2.37. The van der Waals surface area contributed by atoms with E-state index in [9.17, 15) is 18.0 Å². The molecule has 4 N–H and O–H groups in total. The number of benzene rings is 1. The lowest BCUT2D eigenvalue weighted by molar-refractivity contribution is -0.137. The van der Waals surface area contributed by atoms with Crippen LogP contribution in [0.3, 0.4) is 0 Å². The standard InChI is InChI=1S/C17H15Cl3F3N7O/c1-2-10(31)27-14(16(18,19)20)30-7-25-11-12(28-15(24)29-13(11)30)26-9-5-3-8(4-6-9)17(21,22)23/h3-7,14H,2H2,1H3,(H,27,31)(H3,24,26,28,29). The van der Waals surface area contributed by atoms with E-state index >= 15 is 0 Å². The number of imidazole rings is 1. The zero-order valence-electron chi connectivity index (χ0n) is 15.7. The second-order valence-electron chi connectivity index (χ2n) is 6.32. The molecule has 0 aliphatic heterocycles. The van der Waals surface area contributed by atoms with Crippen LogP contribution in [0.5, 0.6) is 0 Å². The van der Waals surface area contributed by atoms with Crippen molar-refractivity contribution >= 4 is 69.3 Å². The second kappa shape index (κ2) is 8.56. The number of anilines is 3. The van der Waals surface area contributed by atoms with Crippen LogP contribution in [-0.4, -0.2) is 29.2 Å². The Hall–Kier alpha value is -2.50. The fourth-order valence-electron chi connectivity index (χ4n) is 2.65. The van der Waals surface area contributed by atoms with E-state index in [-0.39, 0.29) is 35.3 Å². The van der Waals surface area contributed by atoms with Crippen LogP contribution in [0, 0.1) is 0 Å². The minimum Gasteiger partial charge on any atom is -0.368 e. The fraction of sp³-hybridized carbons (Fsp3) is 0.294. The maximum Gasteiger partial charge on any atom is 0.416 e. The van der Waals surface area contributed by atoms with Crippen LogP contribution in [-0.2, 0) is 11.0 Å². The molecule has 1 amide bonds. The van der Waals surface area contributed by atoms with E-state index < -0.39 is 21.7 Å². The van der Waals surface area contributed by atoms with Crippen molar-refractivity contribution in [3.8, 4) is 0 Å². The summed E-state index contributed by atoms with van der Waals surface area (Å²) >= 11 is 18.1. The lowest BCUT2D eigenvalue weighted by Gasteiger charge is -2.26. The Balaban J connectivity index is 2.02. The smallest absolute Gasteiger partial charge is 0.368 e. The fourth-order valence-corrected chi connectivity index (χ4v) is 3.13. The number of amides is 1. The molecule has 0 aliphatic carbocycles. The topological polar surface area (TPSA) is 111 Å². The molecule has 0 fully saturated rings. The van der Waals surface area contributed by atoms with Crippen molar-refractivity contribution in [2.24, 2.45) is 0 Å². The van der Waals surface area contributed by atoms with Crippen LogP contribution in [0.15, 0.2) is 30.6 Å². The Labute approximate surface area is 188 Å². The van der Waals surface area contributed by atoms with Crippen molar-refractivity contribution in [1.82, 2.24) is 24.8 Å². The first-order chi connectivity index (χ1) is 14.4. The molecule has 0 saturated heterocycles. The van der Waals surface area contributed by atoms with Gasteiger partial charge in [-0.2, -0.15) is 23.1 Å². The molecule has 3 rings (SSSR count). The summed E-state index contributed by atoms with van der Waals surface area (Å²) in [6, 6.07) is 4.30.